The smallest absolute Gasteiger partial charge is 0.251 e. The molecule has 22 heavy (non-hydrogen) atoms. The first-order valence-electron chi connectivity index (χ1n) is 6.99. The normalized spacial score (nSPS) is 11.5. The Kier molecular flexibility index (Phi) is 5.68. The largest absolute Gasteiger partial charge is 0.391 e. The molecule has 0 aliphatic rings. The fourth-order valence-electron chi connectivity index (χ4n) is 2.06. The molecule has 0 saturated carbocycles. The van der Waals surface area contributed by atoms with Gasteiger partial charge in [0.05, 0.1) is 6.10 Å². The summed E-state index contributed by atoms with van der Waals surface area (Å²) in [6.45, 7) is 0.183. The van der Waals surface area contributed by atoms with E-state index >= 15 is 0 Å². The summed E-state index contributed by atoms with van der Waals surface area (Å²) in [5.41, 5.74) is 2.12. The summed E-state index contributed by atoms with van der Waals surface area (Å²) in [6, 6.07) is 16.1. The van der Waals surface area contributed by atoms with E-state index in [0.717, 1.165) is 5.56 Å². The Morgan fingerprint density at radius 2 is 1.77 bits per heavy atom. The van der Waals surface area contributed by atoms with Crippen LogP contribution in [0.1, 0.15) is 15.9 Å². The topological polar surface area (TPSA) is 78.4 Å². The zero-order valence-electron chi connectivity index (χ0n) is 12.0. The molecule has 2 aromatic carbocycles. The molecule has 0 aromatic heterocycles. The summed E-state index contributed by atoms with van der Waals surface area (Å²) in [5.74, 6) is -0.259. The number of nitrogens with one attached hydrogen (secondary N) is 2. The minimum Gasteiger partial charge on any atom is -0.391 e. The number of hydrogen-bond donors (Lipinski definition) is 3. The van der Waals surface area contributed by atoms with E-state index in [0.29, 0.717) is 24.1 Å². The first-order chi connectivity index (χ1) is 10.7. The van der Waals surface area contributed by atoms with Gasteiger partial charge in [-0.25, -0.2) is 0 Å². The van der Waals surface area contributed by atoms with Gasteiger partial charge in [-0.15, -0.1) is 0 Å². The van der Waals surface area contributed by atoms with Gasteiger partial charge in [-0.1, -0.05) is 30.3 Å². The lowest BCUT2D eigenvalue weighted by Crippen LogP contribution is -2.33. The van der Waals surface area contributed by atoms with Gasteiger partial charge >= 0.3 is 0 Å². The summed E-state index contributed by atoms with van der Waals surface area (Å²) < 4.78 is 0. The molecule has 0 aliphatic heterocycles. The maximum Gasteiger partial charge on any atom is 0.251 e. The van der Waals surface area contributed by atoms with Gasteiger partial charge in [0.15, 0.2) is 0 Å². The third-order valence-corrected chi connectivity index (χ3v) is 3.19. The summed E-state index contributed by atoms with van der Waals surface area (Å²) in [6.07, 6.45) is 0.431. The zero-order valence-corrected chi connectivity index (χ0v) is 12.0. The number of aliphatic hydroxyl groups is 1. The second kappa shape index (κ2) is 7.95. The van der Waals surface area contributed by atoms with Crippen LogP contribution < -0.4 is 10.6 Å². The van der Waals surface area contributed by atoms with E-state index in [4.69, 9.17) is 0 Å². The molecule has 2 aromatic rings. The van der Waals surface area contributed by atoms with E-state index in [-0.39, 0.29) is 12.5 Å². The molecule has 5 nitrogen and oxygen atoms in total. The van der Waals surface area contributed by atoms with Gasteiger partial charge in [0.2, 0.25) is 6.41 Å². The van der Waals surface area contributed by atoms with Crippen molar-refractivity contribution in [2.75, 3.05) is 11.9 Å². The van der Waals surface area contributed by atoms with Crippen LogP contribution in [0.15, 0.2) is 54.6 Å². The van der Waals surface area contributed by atoms with Crippen LogP contribution in [0.4, 0.5) is 5.69 Å². The molecule has 0 aliphatic carbocycles. The summed E-state index contributed by atoms with van der Waals surface area (Å²) in [5, 5.41) is 15.1. The van der Waals surface area contributed by atoms with Crippen molar-refractivity contribution in [3.8, 4) is 0 Å². The van der Waals surface area contributed by atoms with E-state index in [1.807, 2.05) is 30.3 Å². The van der Waals surface area contributed by atoms with Crippen LogP contribution in [-0.4, -0.2) is 30.1 Å². The molecule has 0 heterocycles. The van der Waals surface area contributed by atoms with Crippen LogP contribution >= 0.6 is 0 Å². The minimum atomic E-state index is -0.637. The van der Waals surface area contributed by atoms with Crippen molar-refractivity contribution in [1.29, 1.82) is 0 Å². The first kappa shape index (κ1) is 15.7. The lowest BCUT2D eigenvalue weighted by Gasteiger charge is -2.12. The van der Waals surface area contributed by atoms with Gasteiger partial charge in [0.25, 0.3) is 5.91 Å². The van der Waals surface area contributed by atoms with Crippen LogP contribution in [0.3, 0.4) is 0 Å². The van der Waals surface area contributed by atoms with Crippen LogP contribution in [0.25, 0.3) is 0 Å². The number of amides is 2. The average molecular weight is 298 g/mol. The second-order valence-electron chi connectivity index (χ2n) is 4.89. The van der Waals surface area contributed by atoms with E-state index < -0.39 is 6.10 Å². The quantitative estimate of drug-likeness (QED) is 0.679. The van der Waals surface area contributed by atoms with Crippen molar-refractivity contribution in [3.63, 3.8) is 0 Å². The summed E-state index contributed by atoms with van der Waals surface area (Å²) in [7, 11) is 0. The van der Waals surface area contributed by atoms with Crippen LogP contribution in [0.5, 0.6) is 0 Å². The average Bonchev–Trinajstić information content (AvgIpc) is 2.54. The molecule has 114 valence electrons. The van der Waals surface area contributed by atoms with Crippen LogP contribution in [0, 0.1) is 0 Å². The highest BCUT2D eigenvalue weighted by Gasteiger charge is 2.09. The minimum absolute atomic E-state index is 0.183. The standard InChI is InChI=1S/C17H18N2O3/c20-12-19-15-8-6-14(7-9-15)17(22)18-11-16(21)10-13-4-2-1-3-5-13/h1-9,12,16,21H,10-11H2,(H,18,22)(H,19,20). The zero-order chi connectivity index (χ0) is 15.8. The van der Waals surface area contributed by atoms with E-state index in [2.05, 4.69) is 10.6 Å². The molecule has 2 amide bonds. The molecule has 0 fully saturated rings. The van der Waals surface area contributed by atoms with Crippen molar-refractivity contribution >= 4 is 18.0 Å². The molecule has 5 heteroatoms. The lowest BCUT2D eigenvalue weighted by molar-refractivity contribution is -0.105. The molecule has 0 radical (unpaired) electrons. The van der Waals surface area contributed by atoms with Gasteiger partial charge < -0.3 is 15.7 Å². The maximum atomic E-state index is 12.0. The van der Waals surface area contributed by atoms with Gasteiger partial charge in [0, 0.05) is 24.2 Å². The van der Waals surface area contributed by atoms with Crippen molar-refractivity contribution in [2.45, 2.75) is 12.5 Å². The Morgan fingerprint density at radius 1 is 1.09 bits per heavy atom. The fraction of sp³-hybridized carbons (Fsp3) is 0.176. The van der Waals surface area contributed by atoms with Crippen LogP contribution in [0.2, 0.25) is 0 Å². The third-order valence-electron chi connectivity index (χ3n) is 3.19. The number of aliphatic hydroxyl groups excluding tert-OH is 1. The number of anilines is 1. The molecule has 0 bridgehead atoms. The summed E-state index contributed by atoms with van der Waals surface area (Å²) >= 11 is 0. The SMILES string of the molecule is O=CNc1ccc(C(=O)NCC(O)Cc2ccccc2)cc1. The van der Waals surface area contributed by atoms with Crippen molar-refractivity contribution in [2.24, 2.45) is 0 Å². The van der Waals surface area contributed by atoms with Gasteiger partial charge in [0.1, 0.15) is 0 Å². The molecule has 0 saturated heterocycles. The van der Waals surface area contributed by atoms with E-state index in [9.17, 15) is 14.7 Å². The number of rotatable bonds is 7. The highest BCUT2D eigenvalue weighted by atomic mass is 16.3. The Balaban J connectivity index is 1.82. The molecular weight excluding hydrogens is 280 g/mol. The third kappa shape index (κ3) is 4.71. The number of benzene rings is 2. The molecule has 0 spiro atoms. The fourth-order valence-corrected chi connectivity index (χ4v) is 2.06. The molecule has 2 rings (SSSR count). The lowest BCUT2D eigenvalue weighted by atomic mass is 10.1. The highest BCUT2D eigenvalue weighted by Crippen LogP contribution is 2.08. The van der Waals surface area contributed by atoms with Crippen molar-refractivity contribution < 1.29 is 14.7 Å². The first-order valence-corrected chi connectivity index (χ1v) is 6.99. The maximum absolute atomic E-state index is 12.0. The predicted octanol–water partition coefficient (Wildman–Crippen LogP) is 1.59. The Labute approximate surface area is 129 Å². The van der Waals surface area contributed by atoms with E-state index in [1.54, 1.807) is 24.3 Å². The molecular formula is C17H18N2O3. The molecule has 3 N–H and O–H groups in total. The number of carbonyl (C=O) groups is 2. The molecule has 1 unspecified atom stereocenters. The highest BCUT2D eigenvalue weighted by molar-refractivity contribution is 5.94. The molecule has 1 atom stereocenters. The van der Waals surface area contributed by atoms with Gasteiger partial charge in [-0.2, -0.15) is 0 Å². The van der Waals surface area contributed by atoms with Gasteiger partial charge in [-0.3, -0.25) is 9.59 Å². The van der Waals surface area contributed by atoms with Crippen molar-refractivity contribution in [3.05, 3.63) is 65.7 Å². The Hall–Kier alpha value is -2.66. The Morgan fingerprint density at radius 3 is 2.41 bits per heavy atom. The second-order valence-corrected chi connectivity index (χ2v) is 4.89. The monoisotopic (exact) mass is 298 g/mol. The number of carbonyl (C=O) groups excluding carboxylic acids is 2. The Bertz CT molecular complexity index is 612. The van der Waals surface area contributed by atoms with Crippen LogP contribution in [-0.2, 0) is 11.2 Å². The van der Waals surface area contributed by atoms with Crippen molar-refractivity contribution in [1.82, 2.24) is 5.32 Å². The van der Waals surface area contributed by atoms with E-state index in [1.165, 1.54) is 0 Å². The summed E-state index contributed by atoms with van der Waals surface area (Å²) in [4.78, 5) is 22.3. The number of hydrogen-bond acceptors (Lipinski definition) is 3. The predicted molar refractivity (Wildman–Crippen MR) is 84.6 cm³/mol. The van der Waals surface area contributed by atoms with Gasteiger partial charge in [-0.05, 0) is 29.8 Å².